The van der Waals surface area contributed by atoms with Crippen LogP contribution < -0.4 is 0 Å². The lowest BCUT2D eigenvalue weighted by Crippen LogP contribution is -2.10. The first kappa shape index (κ1) is 18.1. The average molecular weight is 370 g/mol. The van der Waals surface area contributed by atoms with E-state index >= 15 is 0 Å². The third kappa shape index (κ3) is 3.94. The zero-order valence-corrected chi connectivity index (χ0v) is 15.1. The van der Waals surface area contributed by atoms with E-state index < -0.39 is 9.85 Å². The number of thioether (sulfide) groups is 1. The number of allylic oxidation sites excluding steroid dienone is 1. The highest BCUT2D eigenvalue weighted by Gasteiger charge is 2.26. The highest BCUT2D eigenvalue weighted by molar-refractivity contribution is 8.00. The van der Waals surface area contributed by atoms with Gasteiger partial charge in [-0.3, -0.25) is 20.2 Å². The number of hydrogen-bond acceptors (Lipinski definition) is 5. The van der Waals surface area contributed by atoms with E-state index in [2.05, 4.69) is 30.3 Å². The minimum Gasteiger partial charge on any atom is -0.258 e. The summed E-state index contributed by atoms with van der Waals surface area (Å²) in [5, 5.41) is 22.4. The van der Waals surface area contributed by atoms with E-state index in [1.807, 2.05) is 6.92 Å². The van der Waals surface area contributed by atoms with Gasteiger partial charge in [-0.2, -0.15) is 0 Å². The fraction of sp³-hybridized carbons (Fsp3) is 0.263. The third-order valence-electron chi connectivity index (χ3n) is 4.39. The van der Waals surface area contributed by atoms with E-state index in [1.165, 1.54) is 35.0 Å². The lowest BCUT2D eigenvalue weighted by molar-refractivity contribution is -0.396. The van der Waals surface area contributed by atoms with Gasteiger partial charge in [0.2, 0.25) is 0 Å². The maximum absolute atomic E-state index is 11.4. The second kappa shape index (κ2) is 7.70. The third-order valence-corrected chi connectivity index (χ3v) is 5.76. The number of nitrogens with zero attached hydrogens (tertiary/aromatic N) is 2. The Morgan fingerprint density at radius 3 is 2.42 bits per heavy atom. The first-order valence-electron chi connectivity index (χ1n) is 8.32. The molecule has 1 aliphatic rings. The SMILES string of the molecule is Cc1ccc(C2=CCCCC2Sc2ccc([N+](=O)[O-])cc2[N+](=O)[O-])cc1. The molecule has 0 aliphatic heterocycles. The van der Waals surface area contributed by atoms with Gasteiger partial charge in [0, 0.05) is 11.3 Å². The van der Waals surface area contributed by atoms with Gasteiger partial charge in [-0.15, -0.1) is 11.8 Å². The zero-order valence-electron chi connectivity index (χ0n) is 14.3. The molecule has 1 aliphatic carbocycles. The quantitative estimate of drug-likeness (QED) is 0.509. The Kier molecular flexibility index (Phi) is 5.37. The van der Waals surface area contributed by atoms with Crippen LogP contribution in [-0.4, -0.2) is 15.1 Å². The minimum absolute atomic E-state index is 0.0895. The van der Waals surface area contributed by atoms with Crippen LogP contribution in [0.5, 0.6) is 0 Å². The maximum Gasteiger partial charge on any atom is 0.289 e. The van der Waals surface area contributed by atoms with Crippen LogP contribution in [0, 0.1) is 27.2 Å². The Morgan fingerprint density at radius 2 is 1.77 bits per heavy atom. The molecule has 0 bridgehead atoms. The summed E-state index contributed by atoms with van der Waals surface area (Å²) in [6.07, 6.45) is 5.12. The van der Waals surface area contributed by atoms with E-state index in [0.717, 1.165) is 30.9 Å². The number of benzene rings is 2. The number of rotatable bonds is 5. The van der Waals surface area contributed by atoms with Crippen molar-refractivity contribution in [3.8, 4) is 0 Å². The molecule has 0 saturated heterocycles. The predicted molar refractivity (Wildman–Crippen MR) is 102 cm³/mol. The summed E-state index contributed by atoms with van der Waals surface area (Å²) in [6.45, 7) is 2.03. The normalized spacial score (nSPS) is 16.8. The van der Waals surface area contributed by atoms with E-state index in [0.29, 0.717) is 4.90 Å². The zero-order chi connectivity index (χ0) is 18.7. The molecule has 7 heteroatoms. The predicted octanol–water partition coefficient (Wildman–Crippen LogP) is 5.54. The average Bonchev–Trinajstić information content (AvgIpc) is 2.63. The molecule has 1 atom stereocenters. The molecule has 3 rings (SSSR count). The lowest BCUT2D eigenvalue weighted by Gasteiger charge is -2.24. The van der Waals surface area contributed by atoms with Gasteiger partial charge in [-0.25, -0.2) is 0 Å². The molecule has 26 heavy (non-hydrogen) atoms. The molecule has 0 heterocycles. The Balaban J connectivity index is 1.92. The molecule has 2 aromatic carbocycles. The number of aryl methyl sites for hydroxylation is 1. The molecular formula is C19H18N2O4S. The summed E-state index contributed by atoms with van der Waals surface area (Å²) >= 11 is 1.41. The summed E-state index contributed by atoms with van der Waals surface area (Å²) in [4.78, 5) is 21.6. The topological polar surface area (TPSA) is 86.3 Å². The van der Waals surface area contributed by atoms with Crippen LogP contribution in [0.25, 0.3) is 5.57 Å². The van der Waals surface area contributed by atoms with E-state index in [9.17, 15) is 20.2 Å². The van der Waals surface area contributed by atoms with Crippen molar-refractivity contribution >= 4 is 28.7 Å². The van der Waals surface area contributed by atoms with Crippen molar-refractivity contribution in [2.45, 2.75) is 36.3 Å². The van der Waals surface area contributed by atoms with Crippen LogP contribution in [0.1, 0.15) is 30.4 Å². The molecule has 0 amide bonds. The van der Waals surface area contributed by atoms with Crippen LogP contribution >= 0.6 is 11.8 Å². The summed E-state index contributed by atoms with van der Waals surface area (Å²) in [5.41, 5.74) is 3.00. The highest BCUT2D eigenvalue weighted by Crippen LogP contribution is 2.43. The van der Waals surface area contributed by atoms with E-state index in [-0.39, 0.29) is 16.6 Å². The van der Waals surface area contributed by atoms with Gasteiger partial charge in [-0.1, -0.05) is 35.9 Å². The van der Waals surface area contributed by atoms with Crippen molar-refractivity contribution in [1.29, 1.82) is 0 Å². The van der Waals surface area contributed by atoms with Gasteiger partial charge >= 0.3 is 0 Å². The maximum atomic E-state index is 11.4. The highest BCUT2D eigenvalue weighted by atomic mass is 32.2. The molecule has 2 aromatic rings. The summed E-state index contributed by atoms with van der Waals surface area (Å²) in [6, 6.07) is 12.1. The molecule has 1 unspecified atom stereocenters. The fourth-order valence-corrected chi connectivity index (χ4v) is 4.39. The Bertz CT molecular complexity index is 878. The number of nitro groups is 2. The molecule has 0 radical (unpaired) electrons. The van der Waals surface area contributed by atoms with E-state index in [1.54, 1.807) is 0 Å². The van der Waals surface area contributed by atoms with Crippen molar-refractivity contribution in [3.63, 3.8) is 0 Å². The number of hydrogen-bond donors (Lipinski definition) is 0. The monoisotopic (exact) mass is 370 g/mol. The largest absolute Gasteiger partial charge is 0.289 e. The Hall–Kier alpha value is -2.67. The summed E-state index contributed by atoms with van der Waals surface area (Å²) < 4.78 is 0. The molecule has 0 N–H and O–H groups in total. The van der Waals surface area contributed by atoms with Crippen LogP contribution in [0.4, 0.5) is 11.4 Å². The first-order valence-corrected chi connectivity index (χ1v) is 9.20. The van der Waals surface area contributed by atoms with Crippen molar-refractivity contribution in [3.05, 3.63) is 79.9 Å². The van der Waals surface area contributed by atoms with Gasteiger partial charge in [0.1, 0.15) is 0 Å². The fourth-order valence-electron chi connectivity index (χ4n) is 3.03. The molecule has 0 spiro atoms. The number of non-ortho nitro benzene ring substituents is 1. The smallest absolute Gasteiger partial charge is 0.258 e. The van der Waals surface area contributed by atoms with Crippen molar-refractivity contribution < 1.29 is 9.85 Å². The van der Waals surface area contributed by atoms with Crippen LogP contribution in [0.15, 0.2) is 53.4 Å². The lowest BCUT2D eigenvalue weighted by atomic mass is 9.93. The molecule has 6 nitrogen and oxygen atoms in total. The summed E-state index contributed by atoms with van der Waals surface area (Å²) in [7, 11) is 0. The number of nitro benzene ring substituents is 2. The van der Waals surface area contributed by atoms with Gasteiger partial charge in [0.15, 0.2) is 0 Å². The van der Waals surface area contributed by atoms with Crippen LogP contribution in [-0.2, 0) is 0 Å². The van der Waals surface area contributed by atoms with Crippen molar-refractivity contribution in [1.82, 2.24) is 0 Å². The second-order valence-electron chi connectivity index (χ2n) is 6.23. The van der Waals surface area contributed by atoms with Crippen LogP contribution in [0.2, 0.25) is 0 Å². The van der Waals surface area contributed by atoms with Crippen molar-refractivity contribution in [2.75, 3.05) is 0 Å². The molecule has 0 saturated carbocycles. The van der Waals surface area contributed by atoms with Gasteiger partial charge in [0.25, 0.3) is 11.4 Å². The molecule has 134 valence electrons. The minimum atomic E-state index is -0.611. The van der Waals surface area contributed by atoms with Gasteiger partial charge < -0.3 is 0 Å². The van der Waals surface area contributed by atoms with Crippen LogP contribution in [0.3, 0.4) is 0 Å². The Labute approximate surface area is 155 Å². The molecular weight excluding hydrogens is 352 g/mol. The van der Waals surface area contributed by atoms with Gasteiger partial charge in [0.05, 0.1) is 20.8 Å². The molecule has 0 fully saturated rings. The van der Waals surface area contributed by atoms with Gasteiger partial charge in [-0.05, 0) is 43.4 Å². The Morgan fingerprint density at radius 1 is 1.04 bits per heavy atom. The summed E-state index contributed by atoms with van der Waals surface area (Å²) in [5.74, 6) is 0. The standard InChI is InChI=1S/C19H18N2O4S/c1-13-6-8-14(9-7-13)16-4-2-3-5-18(16)26-19-11-10-15(20(22)23)12-17(19)21(24)25/h4,6-12,18H,2-3,5H2,1H3. The van der Waals surface area contributed by atoms with E-state index in [4.69, 9.17) is 0 Å². The first-order chi connectivity index (χ1) is 12.5. The molecule has 0 aromatic heterocycles. The second-order valence-corrected chi connectivity index (χ2v) is 7.47. The van der Waals surface area contributed by atoms with Crippen molar-refractivity contribution in [2.24, 2.45) is 0 Å².